The molecule has 0 saturated carbocycles. The lowest BCUT2D eigenvalue weighted by atomic mass is 10.1. The molecule has 214 valence electrons. The van der Waals surface area contributed by atoms with E-state index in [4.69, 9.17) is 9.47 Å². The molecule has 0 aliphatic heterocycles. The van der Waals surface area contributed by atoms with Gasteiger partial charge in [-0.15, -0.1) is 0 Å². The number of hydrogen-bond donors (Lipinski definition) is 1. The third-order valence-corrected chi connectivity index (χ3v) is 7.91. The number of hydrogen-bond acceptors (Lipinski definition) is 5. The number of anilines is 1. The summed E-state index contributed by atoms with van der Waals surface area (Å²) in [5, 5.41) is 3.53. The fourth-order valence-electron chi connectivity index (χ4n) is 4.60. The van der Waals surface area contributed by atoms with Crippen molar-refractivity contribution in [2.75, 3.05) is 18.5 Å². The Morgan fingerprint density at radius 2 is 1.21 bits per heavy atom. The highest BCUT2D eigenvalue weighted by Gasteiger charge is 2.11. The molecule has 2 aromatic carbocycles. The Hall–Kier alpha value is -2.60. The number of nitrogens with one attached hydrogen (secondary N) is 1. The van der Waals surface area contributed by atoms with Crippen LogP contribution in [0, 0.1) is 0 Å². The van der Waals surface area contributed by atoms with Crippen LogP contribution in [0.3, 0.4) is 0 Å². The average Bonchev–Trinajstić information content (AvgIpc) is 3.35. The van der Waals surface area contributed by atoms with Crippen molar-refractivity contribution in [3.8, 4) is 11.5 Å². The molecule has 6 heteroatoms. The molecule has 0 unspecified atom stereocenters. The van der Waals surface area contributed by atoms with Gasteiger partial charge in [0.15, 0.2) is 5.13 Å². The number of benzene rings is 2. The van der Waals surface area contributed by atoms with E-state index >= 15 is 0 Å². The Balaban J connectivity index is 1.36. The molecular weight excluding hydrogens is 504 g/mol. The molecule has 1 heterocycles. The zero-order chi connectivity index (χ0) is 27.5. The summed E-state index contributed by atoms with van der Waals surface area (Å²) in [4.78, 5) is 17.3. The molecule has 3 aromatic rings. The Bertz CT molecular complexity index is 1080. The molecule has 3 rings (SSSR count). The molecule has 0 aliphatic carbocycles. The molecule has 0 aliphatic rings. The molecule has 39 heavy (non-hydrogen) atoms. The summed E-state index contributed by atoms with van der Waals surface area (Å²) in [6.45, 7) is 5.96. The number of fused-ring (bicyclic) bond motifs is 1. The van der Waals surface area contributed by atoms with Crippen molar-refractivity contribution in [2.24, 2.45) is 0 Å². The zero-order valence-corrected chi connectivity index (χ0v) is 25.0. The van der Waals surface area contributed by atoms with Crippen LogP contribution in [0.25, 0.3) is 10.2 Å². The van der Waals surface area contributed by atoms with Crippen molar-refractivity contribution >= 4 is 32.6 Å². The van der Waals surface area contributed by atoms with Crippen LogP contribution in [0.5, 0.6) is 11.5 Å². The van der Waals surface area contributed by atoms with Crippen molar-refractivity contribution in [3.63, 3.8) is 0 Å². The first-order chi connectivity index (χ1) is 19.2. The summed E-state index contributed by atoms with van der Waals surface area (Å²) in [6.07, 6.45) is 19.1. The molecule has 1 aromatic heterocycles. The summed E-state index contributed by atoms with van der Waals surface area (Å²) in [7, 11) is 0. The number of nitrogens with zero attached hydrogens (tertiary/aromatic N) is 1. The lowest BCUT2D eigenvalue weighted by molar-refractivity contribution is 0.102. The molecular formula is C33H48N2O3S. The fraction of sp³-hybridized carbons (Fsp3) is 0.576. The SMILES string of the molecule is CCCCCCCCCCOc1ccc2nc(NC(=O)c3ccc(OCCCCCCCCC)cc3)sc2c1. The molecule has 0 spiro atoms. The van der Waals surface area contributed by atoms with Crippen LogP contribution >= 0.6 is 11.3 Å². The predicted octanol–water partition coefficient (Wildman–Crippen LogP) is 10.2. The van der Waals surface area contributed by atoms with Crippen LogP contribution in [0.4, 0.5) is 5.13 Å². The second-order valence-electron chi connectivity index (χ2n) is 10.4. The van der Waals surface area contributed by atoms with E-state index in [2.05, 4.69) is 24.1 Å². The van der Waals surface area contributed by atoms with E-state index in [1.165, 1.54) is 94.8 Å². The number of rotatable bonds is 21. The summed E-state index contributed by atoms with van der Waals surface area (Å²) >= 11 is 1.47. The zero-order valence-electron chi connectivity index (χ0n) is 24.1. The number of ether oxygens (including phenoxy) is 2. The van der Waals surface area contributed by atoms with Crippen LogP contribution in [-0.4, -0.2) is 24.1 Å². The van der Waals surface area contributed by atoms with E-state index in [9.17, 15) is 4.79 Å². The predicted molar refractivity (Wildman–Crippen MR) is 166 cm³/mol. The maximum absolute atomic E-state index is 12.8. The minimum absolute atomic E-state index is 0.168. The number of carbonyl (C=O) groups excluding carboxylic acids is 1. The lowest BCUT2D eigenvalue weighted by Gasteiger charge is -2.07. The van der Waals surface area contributed by atoms with E-state index in [-0.39, 0.29) is 5.91 Å². The van der Waals surface area contributed by atoms with Gasteiger partial charge in [0, 0.05) is 5.56 Å². The Labute approximate surface area is 239 Å². The number of aromatic nitrogens is 1. The second kappa shape index (κ2) is 18.6. The summed E-state index contributed by atoms with van der Waals surface area (Å²) < 4.78 is 12.8. The highest BCUT2D eigenvalue weighted by atomic mass is 32.1. The van der Waals surface area contributed by atoms with Gasteiger partial charge in [-0.2, -0.15) is 0 Å². The second-order valence-corrected chi connectivity index (χ2v) is 11.5. The highest BCUT2D eigenvalue weighted by molar-refractivity contribution is 7.22. The summed E-state index contributed by atoms with van der Waals surface area (Å²) in [5.74, 6) is 1.50. The van der Waals surface area contributed by atoms with E-state index in [0.717, 1.165) is 47.8 Å². The van der Waals surface area contributed by atoms with Crippen LogP contribution in [0.2, 0.25) is 0 Å². The molecule has 1 amide bonds. The maximum atomic E-state index is 12.8. The van der Waals surface area contributed by atoms with E-state index in [1.54, 1.807) is 12.1 Å². The monoisotopic (exact) mass is 552 g/mol. The van der Waals surface area contributed by atoms with Gasteiger partial charge in [0.25, 0.3) is 5.91 Å². The fourth-order valence-corrected chi connectivity index (χ4v) is 5.48. The van der Waals surface area contributed by atoms with Crippen LogP contribution in [-0.2, 0) is 0 Å². The smallest absolute Gasteiger partial charge is 0.257 e. The molecule has 0 saturated heterocycles. The van der Waals surface area contributed by atoms with E-state index < -0.39 is 0 Å². The third kappa shape index (κ3) is 12.0. The number of amides is 1. The third-order valence-electron chi connectivity index (χ3n) is 6.98. The van der Waals surface area contributed by atoms with Crippen molar-refractivity contribution in [3.05, 3.63) is 48.0 Å². The largest absolute Gasteiger partial charge is 0.494 e. The summed E-state index contributed by atoms with van der Waals surface area (Å²) in [5.41, 5.74) is 1.45. The first kappa shape index (κ1) is 30.9. The highest BCUT2D eigenvalue weighted by Crippen LogP contribution is 2.30. The van der Waals surface area contributed by atoms with Gasteiger partial charge in [-0.3, -0.25) is 10.1 Å². The van der Waals surface area contributed by atoms with Crippen molar-refractivity contribution in [1.29, 1.82) is 0 Å². The topological polar surface area (TPSA) is 60.5 Å². The minimum atomic E-state index is -0.168. The van der Waals surface area contributed by atoms with Crippen LogP contribution in [0.1, 0.15) is 121 Å². The van der Waals surface area contributed by atoms with Crippen molar-refractivity contribution < 1.29 is 14.3 Å². The first-order valence-electron chi connectivity index (χ1n) is 15.3. The normalized spacial score (nSPS) is 11.1. The van der Waals surface area contributed by atoms with E-state index in [0.29, 0.717) is 10.7 Å². The average molecular weight is 553 g/mol. The standard InChI is InChI=1S/C33H48N2O3S/c1-3-5-7-9-11-13-15-17-25-38-29-22-23-30-31(26-29)39-33(34-30)35-32(36)27-18-20-28(21-19-27)37-24-16-14-12-10-8-6-4-2/h18-23,26H,3-17,24-25H2,1-2H3,(H,34,35,36). The number of unbranched alkanes of at least 4 members (excludes halogenated alkanes) is 13. The van der Waals surface area contributed by atoms with Gasteiger partial charge in [0.2, 0.25) is 0 Å². The van der Waals surface area contributed by atoms with Gasteiger partial charge in [0.1, 0.15) is 11.5 Å². The van der Waals surface area contributed by atoms with Crippen molar-refractivity contribution in [1.82, 2.24) is 4.98 Å². The van der Waals surface area contributed by atoms with Crippen LogP contribution < -0.4 is 14.8 Å². The lowest BCUT2D eigenvalue weighted by Crippen LogP contribution is -2.11. The molecule has 1 N–H and O–H groups in total. The van der Waals surface area contributed by atoms with Crippen molar-refractivity contribution in [2.45, 2.75) is 110 Å². The van der Waals surface area contributed by atoms with Crippen LogP contribution in [0.15, 0.2) is 42.5 Å². The van der Waals surface area contributed by atoms with Gasteiger partial charge >= 0.3 is 0 Å². The maximum Gasteiger partial charge on any atom is 0.257 e. The minimum Gasteiger partial charge on any atom is -0.494 e. The number of thiazole rings is 1. The molecule has 0 bridgehead atoms. The van der Waals surface area contributed by atoms with Gasteiger partial charge in [-0.1, -0.05) is 109 Å². The Morgan fingerprint density at radius 3 is 1.79 bits per heavy atom. The van der Waals surface area contributed by atoms with E-state index in [1.807, 2.05) is 30.3 Å². The van der Waals surface area contributed by atoms with Gasteiger partial charge in [0.05, 0.1) is 23.4 Å². The summed E-state index contributed by atoms with van der Waals surface area (Å²) in [6, 6.07) is 13.3. The van der Waals surface area contributed by atoms with Gasteiger partial charge in [-0.05, 0) is 55.3 Å². The first-order valence-corrected chi connectivity index (χ1v) is 16.1. The van der Waals surface area contributed by atoms with Gasteiger partial charge in [-0.25, -0.2) is 4.98 Å². The quantitative estimate of drug-likeness (QED) is 0.134. The molecule has 0 radical (unpaired) electrons. The molecule has 5 nitrogen and oxygen atoms in total. The number of carbonyl (C=O) groups is 1. The molecule has 0 fully saturated rings. The van der Waals surface area contributed by atoms with Gasteiger partial charge < -0.3 is 9.47 Å². The Morgan fingerprint density at radius 1 is 0.692 bits per heavy atom. The molecule has 0 atom stereocenters. The Kier molecular flexibility index (Phi) is 14.8.